The number of fused-ring (bicyclic) bond motifs is 1. The molecule has 0 aliphatic carbocycles. The van der Waals surface area contributed by atoms with E-state index in [1.54, 1.807) is 11.3 Å². The van der Waals surface area contributed by atoms with Crippen LogP contribution in [-0.4, -0.2) is 9.38 Å². The van der Waals surface area contributed by atoms with Crippen LogP contribution in [0.25, 0.3) is 4.96 Å². The first-order chi connectivity index (χ1) is 7.83. The van der Waals surface area contributed by atoms with Crippen molar-refractivity contribution in [1.29, 1.82) is 0 Å². The van der Waals surface area contributed by atoms with Crippen LogP contribution in [-0.2, 0) is 6.42 Å². The van der Waals surface area contributed by atoms with Gasteiger partial charge in [-0.3, -0.25) is 4.40 Å². The van der Waals surface area contributed by atoms with Crippen LogP contribution >= 0.6 is 11.3 Å². The number of thiazole rings is 1. The largest absolute Gasteiger partial charge is 0.294 e. The Bertz CT molecular complexity index is 604. The molecule has 3 aromatic rings. The van der Waals surface area contributed by atoms with Crippen molar-refractivity contribution in [3.05, 3.63) is 58.9 Å². The van der Waals surface area contributed by atoms with E-state index in [9.17, 15) is 0 Å². The normalized spacial score (nSPS) is 11.1. The lowest BCUT2D eigenvalue weighted by atomic mass is 10.1. The number of rotatable bonds is 2. The molecule has 0 fully saturated rings. The van der Waals surface area contributed by atoms with Gasteiger partial charge in [-0.05, 0) is 12.5 Å². The summed E-state index contributed by atoms with van der Waals surface area (Å²) in [5.41, 5.74) is 3.96. The average Bonchev–Trinajstić information content (AvgIpc) is 2.86. The Kier molecular flexibility index (Phi) is 2.26. The molecule has 0 spiro atoms. The maximum Gasteiger partial charge on any atom is 0.193 e. The summed E-state index contributed by atoms with van der Waals surface area (Å²) in [5, 5.41) is 2.18. The highest BCUT2D eigenvalue weighted by molar-refractivity contribution is 7.15. The van der Waals surface area contributed by atoms with Crippen LogP contribution in [0.2, 0.25) is 0 Å². The van der Waals surface area contributed by atoms with Crippen molar-refractivity contribution in [2.24, 2.45) is 0 Å². The zero-order valence-corrected chi connectivity index (χ0v) is 9.87. The van der Waals surface area contributed by atoms with Gasteiger partial charge in [0.1, 0.15) is 0 Å². The van der Waals surface area contributed by atoms with Gasteiger partial charge in [0, 0.05) is 29.9 Å². The summed E-state index contributed by atoms with van der Waals surface area (Å²) in [5.74, 6) is 0. The summed E-state index contributed by atoms with van der Waals surface area (Å²) in [6.45, 7) is 2.11. The van der Waals surface area contributed by atoms with Gasteiger partial charge in [0.25, 0.3) is 0 Å². The van der Waals surface area contributed by atoms with Crippen molar-refractivity contribution in [3.8, 4) is 0 Å². The molecular formula is C13H12N2S. The number of nitrogens with zero attached hydrogens (tertiary/aromatic N) is 2. The fourth-order valence-electron chi connectivity index (χ4n) is 1.81. The Morgan fingerprint density at radius 1 is 1.25 bits per heavy atom. The third-order valence-electron chi connectivity index (χ3n) is 2.72. The van der Waals surface area contributed by atoms with Crippen LogP contribution in [0.1, 0.15) is 16.8 Å². The number of imidazole rings is 1. The SMILES string of the molecule is Cc1ccc(Cc2csc3nccn23)cc1. The number of benzene rings is 1. The van der Waals surface area contributed by atoms with Crippen LogP contribution < -0.4 is 0 Å². The lowest BCUT2D eigenvalue weighted by molar-refractivity contribution is 1.03. The second-order valence-electron chi connectivity index (χ2n) is 3.97. The fourth-order valence-corrected chi connectivity index (χ4v) is 2.67. The standard InChI is InChI=1S/C13H12N2S/c1-10-2-4-11(5-3-10)8-12-9-16-13-14-6-7-15(12)13/h2-7,9H,8H2,1H3. The molecule has 0 unspecified atom stereocenters. The predicted octanol–water partition coefficient (Wildman–Crippen LogP) is 3.30. The zero-order chi connectivity index (χ0) is 11.0. The molecule has 0 aliphatic heterocycles. The molecule has 3 rings (SSSR count). The van der Waals surface area contributed by atoms with Crippen LogP contribution in [0.5, 0.6) is 0 Å². The molecule has 0 saturated heterocycles. The van der Waals surface area contributed by atoms with E-state index in [-0.39, 0.29) is 0 Å². The zero-order valence-electron chi connectivity index (χ0n) is 9.05. The maximum atomic E-state index is 4.28. The van der Waals surface area contributed by atoms with E-state index in [2.05, 4.69) is 46.0 Å². The first-order valence-corrected chi connectivity index (χ1v) is 6.16. The van der Waals surface area contributed by atoms with Crippen LogP contribution in [0.3, 0.4) is 0 Å². The molecule has 16 heavy (non-hydrogen) atoms. The summed E-state index contributed by atoms with van der Waals surface area (Å²) in [7, 11) is 0. The fraction of sp³-hybridized carbons (Fsp3) is 0.154. The summed E-state index contributed by atoms with van der Waals surface area (Å²) < 4.78 is 2.16. The average molecular weight is 228 g/mol. The lowest BCUT2D eigenvalue weighted by Gasteiger charge is -2.01. The third-order valence-corrected chi connectivity index (χ3v) is 3.63. The predicted molar refractivity (Wildman–Crippen MR) is 67.1 cm³/mol. The minimum absolute atomic E-state index is 0.969. The molecule has 2 nitrogen and oxygen atoms in total. The van der Waals surface area contributed by atoms with E-state index >= 15 is 0 Å². The first-order valence-electron chi connectivity index (χ1n) is 5.28. The van der Waals surface area contributed by atoms with Crippen molar-refractivity contribution in [2.45, 2.75) is 13.3 Å². The second kappa shape index (κ2) is 3.76. The molecule has 0 atom stereocenters. The summed E-state index contributed by atoms with van der Waals surface area (Å²) >= 11 is 1.69. The monoisotopic (exact) mass is 228 g/mol. The molecule has 80 valence electrons. The van der Waals surface area contributed by atoms with Crippen molar-refractivity contribution in [2.75, 3.05) is 0 Å². The molecule has 0 aliphatic rings. The first kappa shape index (κ1) is 9.60. The van der Waals surface area contributed by atoms with Gasteiger partial charge in [0.15, 0.2) is 4.96 Å². The Balaban J connectivity index is 1.95. The molecule has 1 aromatic carbocycles. The van der Waals surface area contributed by atoms with Gasteiger partial charge in [-0.2, -0.15) is 0 Å². The van der Waals surface area contributed by atoms with Crippen molar-refractivity contribution < 1.29 is 0 Å². The van der Waals surface area contributed by atoms with E-state index in [0.29, 0.717) is 0 Å². The van der Waals surface area contributed by atoms with Crippen LogP contribution in [0.4, 0.5) is 0 Å². The van der Waals surface area contributed by atoms with E-state index < -0.39 is 0 Å². The van der Waals surface area contributed by atoms with E-state index in [0.717, 1.165) is 11.4 Å². The molecule has 0 bridgehead atoms. The third kappa shape index (κ3) is 1.63. The van der Waals surface area contributed by atoms with Gasteiger partial charge >= 0.3 is 0 Å². The molecule has 2 heterocycles. The highest BCUT2D eigenvalue weighted by Crippen LogP contribution is 2.18. The van der Waals surface area contributed by atoms with Gasteiger partial charge in [0.05, 0.1) is 0 Å². The van der Waals surface area contributed by atoms with Crippen molar-refractivity contribution >= 4 is 16.3 Å². The Morgan fingerprint density at radius 3 is 2.88 bits per heavy atom. The van der Waals surface area contributed by atoms with Gasteiger partial charge in [-0.25, -0.2) is 4.98 Å². The number of hydrogen-bond donors (Lipinski definition) is 0. The van der Waals surface area contributed by atoms with E-state index in [1.807, 2.05) is 12.4 Å². The highest BCUT2D eigenvalue weighted by Gasteiger charge is 2.04. The molecule has 0 N–H and O–H groups in total. The Morgan fingerprint density at radius 2 is 2.06 bits per heavy atom. The summed E-state index contributed by atoms with van der Waals surface area (Å²) in [6.07, 6.45) is 4.84. The minimum Gasteiger partial charge on any atom is -0.294 e. The smallest absolute Gasteiger partial charge is 0.193 e. The minimum atomic E-state index is 0.969. The van der Waals surface area contributed by atoms with Gasteiger partial charge < -0.3 is 0 Å². The number of aryl methyl sites for hydroxylation is 1. The van der Waals surface area contributed by atoms with Gasteiger partial charge in [0.2, 0.25) is 0 Å². The van der Waals surface area contributed by atoms with Crippen molar-refractivity contribution in [1.82, 2.24) is 9.38 Å². The summed E-state index contributed by atoms with van der Waals surface area (Å²) in [6, 6.07) is 8.70. The quantitative estimate of drug-likeness (QED) is 0.658. The lowest BCUT2D eigenvalue weighted by Crippen LogP contribution is -1.92. The Hall–Kier alpha value is -1.61. The van der Waals surface area contributed by atoms with Crippen LogP contribution in [0, 0.1) is 6.92 Å². The number of aromatic nitrogens is 2. The molecule has 2 aromatic heterocycles. The molecule has 3 heteroatoms. The van der Waals surface area contributed by atoms with E-state index in [1.165, 1.54) is 16.8 Å². The summed E-state index contributed by atoms with van der Waals surface area (Å²) in [4.78, 5) is 5.35. The molecule has 0 saturated carbocycles. The number of hydrogen-bond acceptors (Lipinski definition) is 2. The van der Waals surface area contributed by atoms with Crippen LogP contribution in [0.15, 0.2) is 42.0 Å². The molecule has 0 radical (unpaired) electrons. The topological polar surface area (TPSA) is 17.3 Å². The van der Waals surface area contributed by atoms with E-state index in [4.69, 9.17) is 0 Å². The van der Waals surface area contributed by atoms with Crippen molar-refractivity contribution in [3.63, 3.8) is 0 Å². The second-order valence-corrected chi connectivity index (χ2v) is 4.81. The molecular weight excluding hydrogens is 216 g/mol. The molecule has 0 amide bonds. The maximum absolute atomic E-state index is 4.28. The van der Waals surface area contributed by atoms with Gasteiger partial charge in [-0.15, -0.1) is 11.3 Å². The van der Waals surface area contributed by atoms with Gasteiger partial charge in [-0.1, -0.05) is 29.8 Å². The Labute approximate surface area is 98.2 Å². The highest BCUT2D eigenvalue weighted by atomic mass is 32.1.